The van der Waals surface area contributed by atoms with Gasteiger partial charge in [0.1, 0.15) is 5.78 Å². The molecule has 1 rings (SSSR count). The lowest BCUT2D eigenvalue weighted by atomic mass is 9.77. The van der Waals surface area contributed by atoms with E-state index in [4.69, 9.17) is 0 Å². The van der Waals surface area contributed by atoms with E-state index in [-0.39, 0.29) is 5.78 Å². The molecular formula is C18H27NO. The van der Waals surface area contributed by atoms with E-state index in [0.29, 0.717) is 6.42 Å². The molecule has 0 unspecified atom stereocenters. The van der Waals surface area contributed by atoms with Crippen LogP contribution in [0.4, 0.5) is 5.69 Å². The van der Waals surface area contributed by atoms with Crippen molar-refractivity contribution < 1.29 is 4.79 Å². The van der Waals surface area contributed by atoms with Crippen molar-refractivity contribution in [2.45, 2.75) is 66.7 Å². The third kappa shape index (κ3) is 3.36. The second-order valence-corrected chi connectivity index (χ2v) is 6.06. The minimum Gasteiger partial charge on any atom is -0.299 e. The van der Waals surface area contributed by atoms with Crippen molar-refractivity contribution in [3.63, 3.8) is 0 Å². The molecule has 0 spiro atoms. The zero-order valence-corrected chi connectivity index (χ0v) is 13.9. The highest BCUT2D eigenvalue weighted by atomic mass is 16.1. The van der Waals surface area contributed by atoms with Crippen LogP contribution < -0.4 is 0 Å². The summed E-state index contributed by atoms with van der Waals surface area (Å²) in [6.07, 6.45) is 1.53. The van der Waals surface area contributed by atoms with Gasteiger partial charge in [0.05, 0.1) is 5.69 Å². The highest BCUT2D eigenvalue weighted by molar-refractivity contribution is 5.90. The van der Waals surface area contributed by atoms with Gasteiger partial charge in [-0.15, -0.1) is 0 Å². The number of aliphatic imine (C=N–C) groups is 1. The van der Waals surface area contributed by atoms with Gasteiger partial charge < -0.3 is 0 Å². The Morgan fingerprint density at radius 1 is 1.10 bits per heavy atom. The Morgan fingerprint density at radius 3 is 2.20 bits per heavy atom. The van der Waals surface area contributed by atoms with Gasteiger partial charge in [0.15, 0.2) is 0 Å². The number of hydrogen-bond acceptors (Lipinski definition) is 2. The Bertz CT molecular complexity index is 539. The maximum Gasteiger partial charge on any atom is 0.142 e. The van der Waals surface area contributed by atoms with Crippen LogP contribution in [0.2, 0.25) is 0 Å². The first kappa shape index (κ1) is 16.6. The van der Waals surface area contributed by atoms with Gasteiger partial charge in [-0.2, -0.15) is 0 Å². The molecule has 0 heterocycles. The predicted molar refractivity (Wildman–Crippen MR) is 87.3 cm³/mol. The average Bonchev–Trinajstić information content (AvgIpc) is 2.40. The number of nitrogens with zero attached hydrogens (tertiary/aromatic N) is 1. The van der Waals surface area contributed by atoms with E-state index in [1.54, 1.807) is 0 Å². The lowest BCUT2D eigenvalue weighted by molar-refractivity contribution is -0.123. The highest BCUT2D eigenvalue weighted by Crippen LogP contribution is 2.33. The maximum absolute atomic E-state index is 12.2. The zero-order valence-electron chi connectivity index (χ0n) is 13.9. The molecule has 0 fully saturated rings. The number of hydrogen-bond donors (Lipinski definition) is 0. The van der Waals surface area contributed by atoms with E-state index in [1.807, 2.05) is 27.7 Å². The second-order valence-electron chi connectivity index (χ2n) is 6.06. The first-order chi connectivity index (χ1) is 9.23. The van der Waals surface area contributed by atoms with Crippen LogP contribution in [0.5, 0.6) is 0 Å². The fraction of sp³-hybridized carbons (Fsp3) is 0.556. The van der Waals surface area contributed by atoms with Crippen LogP contribution in [0.3, 0.4) is 0 Å². The Hall–Kier alpha value is -1.44. The molecule has 0 radical (unpaired) electrons. The van der Waals surface area contributed by atoms with Crippen LogP contribution in [-0.4, -0.2) is 11.5 Å². The van der Waals surface area contributed by atoms with E-state index in [1.165, 1.54) is 0 Å². The first-order valence-corrected chi connectivity index (χ1v) is 7.43. The third-order valence-corrected chi connectivity index (χ3v) is 4.06. The zero-order chi connectivity index (χ0) is 15.5. The van der Waals surface area contributed by atoms with Crippen molar-refractivity contribution in [1.29, 1.82) is 0 Å². The lowest BCUT2D eigenvalue weighted by Gasteiger charge is -2.26. The molecule has 0 amide bonds. The first-order valence-electron chi connectivity index (χ1n) is 7.43. The molecule has 110 valence electrons. The van der Waals surface area contributed by atoms with E-state index in [2.05, 4.69) is 37.9 Å². The second kappa shape index (κ2) is 6.34. The van der Waals surface area contributed by atoms with Gasteiger partial charge in [0.25, 0.3) is 0 Å². The van der Waals surface area contributed by atoms with Gasteiger partial charge in [0.2, 0.25) is 0 Å². The number of ketones is 1. The summed E-state index contributed by atoms with van der Waals surface area (Å²) in [5.41, 5.74) is 5.12. The van der Waals surface area contributed by atoms with E-state index in [0.717, 1.165) is 34.5 Å². The molecule has 0 aliphatic carbocycles. The SMILES string of the molecule is CCC(=O)C(C)(C)c1cc(C)c(N=C(C)CC)cc1C. The Kier molecular flexibility index (Phi) is 5.27. The highest BCUT2D eigenvalue weighted by Gasteiger charge is 2.29. The summed E-state index contributed by atoms with van der Waals surface area (Å²) < 4.78 is 0. The molecule has 0 aliphatic heterocycles. The van der Waals surface area contributed by atoms with Crippen LogP contribution in [0.15, 0.2) is 17.1 Å². The average molecular weight is 273 g/mol. The summed E-state index contributed by atoms with van der Waals surface area (Å²) in [5.74, 6) is 0.279. The molecule has 1 aromatic carbocycles. The molecule has 2 nitrogen and oxygen atoms in total. The largest absolute Gasteiger partial charge is 0.299 e. The Labute approximate surface area is 123 Å². The summed E-state index contributed by atoms with van der Waals surface area (Å²) in [7, 11) is 0. The van der Waals surface area contributed by atoms with Gasteiger partial charge in [-0.25, -0.2) is 0 Å². The minimum atomic E-state index is -0.425. The Balaban J connectivity index is 3.35. The fourth-order valence-electron chi connectivity index (χ4n) is 2.47. The van der Waals surface area contributed by atoms with Crippen LogP contribution in [0.25, 0.3) is 0 Å². The van der Waals surface area contributed by atoms with Crippen molar-refractivity contribution in [2.24, 2.45) is 4.99 Å². The molecular weight excluding hydrogens is 246 g/mol. The van der Waals surface area contributed by atoms with Crippen LogP contribution in [0, 0.1) is 13.8 Å². The molecule has 0 N–H and O–H groups in total. The van der Waals surface area contributed by atoms with Gasteiger partial charge in [-0.05, 0) is 63.8 Å². The summed E-state index contributed by atoms with van der Waals surface area (Å²) in [6, 6.07) is 4.24. The quantitative estimate of drug-likeness (QED) is 0.689. The molecule has 0 aromatic heterocycles. The monoisotopic (exact) mass is 273 g/mol. The topological polar surface area (TPSA) is 29.4 Å². The molecule has 0 saturated heterocycles. The van der Waals surface area contributed by atoms with Gasteiger partial charge in [-0.1, -0.05) is 19.9 Å². The molecule has 2 heteroatoms. The van der Waals surface area contributed by atoms with Crippen molar-refractivity contribution in [2.75, 3.05) is 0 Å². The number of Topliss-reactive ketones (excluding diaryl/α,β-unsaturated/α-hetero) is 1. The smallest absolute Gasteiger partial charge is 0.142 e. The van der Waals surface area contributed by atoms with Gasteiger partial charge in [-0.3, -0.25) is 9.79 Å². The van der Waals surface area contributed by atoms with E-state index >= 15 is 0 Å². The molecule has 0 bridgehead atoms. The normalized spacial score (nSPS) is 12.7. The number of benzene rings is 1. The van der Waals surface area contributed by atoms with Crippen LogP contribution >= 0.6 is 0 Å². The van der Waals surface area contributed by atoms with Crippen LogP contribution in [-0.2, 0) is 10.2 Å². The number of aryl methyl sites for hydroxylation is 2. The van der Waals surface area contributed by atoms with Crippen molar-refractivity contribution in [3.8, 4) is 0 Å². The maximum atomic E-state index is 12.2. The fourth-order valence-corrected chi connectivity index (χ4v) is 2.47. The minimum absolute atomic E-state index is 0.279. The third-order valence-electron chi connectivity index (χ3n) is 4.06. The van der Waals surface area contributed by atoms with Crippen molar-refractivity contribution >= 4 is 17.2 Å². The van der Waals surface area contributed by atoms with Gasteiger partial charge >= 0.3 is 0 Å². The van der Waals surface area contributed by atoms with Crippen LogP contribution in [0.1, 0.15) is 64.2 Å². The lowest BCUT2D eigenvalue weighted by Crippen LogP contribution is -2.29. The Morgan fingerprint density at radius 2 is 1.70 bits per heavy atom. The molecule has 0 atom stereocenters. The summed E-state index contributed by atoms with van der Waals surface area (Å²) in [4.78, 5) is 16.8. The summed E-state index contributed by atoms with van der Waals surface area (Å²) in [6.45, 7) is 14.2. The van der Waals surface area contributed by atoms with E-state index in [9.17, 15) is 4.79 Å². The van der Waals surface area contributed by atoms with Gasteiger partial charge in [0, 0.05) is 17.5 Å². The molecule has 20 heavy (non-hydrogen) atoms. The van der Waals surface area contributed by atoms with E-state index < -0.39 is 5.41 Å². The summed E-state index contributed by atoms with van der Waals surface area (Å²) in [5, 5.41) is 0. The molecule has 0 saturated carbocycles. The van der Waals surface area contributed by atoms with Crippen molar-refractivity contribution in [1.82, 2.24) is 0 Å². The number of carbonyl (C=O) groups is 1. The predicted octanol–water partition coefficient (Wildman–Crippen LogP) is 5.06. The number of rotatable bonds is 5. The summed E-state index contributed by atoms with van der Waals surface area (Å²) >= 11 is 0. The number of carbonyl (C=O) groups excluding carboxylic acids is 1. The standard InChI is InChI=1S/C18H27NO/c1-8-14(5)19-16-11-12(3)15(10-13(16)4)18(6,7)17(20)9-2/h10-11H,8-9H2,1-7H3. The molecule has 1 aromatic rings. The molecule has 0 aliphatic rings. The van der Waals surface area contributed by atoms with Crippen molar-refractivity contribution in [3.05, 3.63) is 28.8 Å².